The summed E-state index contributed by atoms with van der Waals surface area (Å²) in [7, 11) is 3.51. The molecule has 0 fully saturated rings. The van der Waals surface area contributed by atoms with E-state index in [1.807, 2.05) is 0 Å². The van der Waals surface area contributed by atoms with E-state index in [1.54, 1.807) is 14.2 Å². The maximum Gasteiger partial charge on any atom is 0.153 e. The van der Waals surface area contributed by atoms with Crippen LogP contribution in [0, 0.1) is 0 Å². The molecular formula is C14H32O2Si. The molecule has 0 N–H and O–H groups in total. The first-order chi connectivity index (χ1) is 8.35. The van der Waals surface area contributed by atoms with Gasteiger partial charge in [-0.05, 0) is 6.04 Å². The van der Waals surface area contributed by atoms with Crippen LogP contribution in [0.1, 0.15) is 58.3 Å². The lowest BCUT2D eigenvalue weighted by atomic mass is 10.1. The topological polar surface area (TPSA) is 18.5 Å². The Morgan fingerprint density at radius 2 is 1.35 bits per heavy atom. The van der Waals surface area contributed by atoms with Crippen molar-refractivity contribution in [3.63, 3.8) is 0 Å². The van der Waals surface area contributed by atoms with Gasteiger partial charge < -0.3 is 9.47 Å². The van der Waals surface area contributed by atoms with Crippen molar-refractivity contribution in [2.45, 2.75) is 76.7 Å². The number of hydrogen-bond donors (Lipinski definition) is 0. The van der Waals surface area contributed by atoms with Crippen LogP contribution in [0.2, 0.25) is 12.1 Å². The van der Waals surface area contributed by atoms with Gasteiger partial charge in [-0.1, -0.05) is 64.3 Å². The number of methoxy groups -OCH3 is 2. The predicted octanol–water partition coefficient (Wildman–Crippen LogP) is 3.75. The number of ether oxygens (including phenoxy) is 2. The molecule has 0 heterocycles. The molecule has 104 valence electrons. The smallest absolute Gasteiger partial charge is 0.153 e. The van der Waals surface area contributed by atoms with Crippen LogP contribution in [0.3, 0.4) is 0 Å². The molecule has 0 saturated carbocycles. The predicted molar refractivity (Wildman–Crippen MR) is 78.6 cm³/mol. The van der Waals surface area contributed by atoms with Gasteiger partial charge in [-0.25, -0.2) is 0 Å². The van der Waals surface area contributed by atoms with Crippen LogP contribution in [0.15, 0.2) is 0 Å². The van der Waals surface area contributed by atoms with Gasteiger partial charge in [0.2, 0.25) is 0 Å². The molecule has 0 aliphatic rings. The molecule has 0 rings (SSSR count). The lowest BCUT2D eigenvalue weighted by molar-refractivity contribution is -0.0876. The van der Waals surface area contributed by atoms with E-state index in [2.05, 4.69) is 6.92 Å². The fourth-order valence-corrected chi connectivity index (χ4v) is 3.93. The monoisotopic (exact) mass is 260 g/mol. The zero-order valence-electron chi connectivity index (χ0n) is 12.2. The summed E-state index contributed by atoms with van der Waals surface area (Å²) in [5, 5.41) is 0. The van der Waals surface area contributed by atoms with Crippen LogP contribution < -0.4 is 0 Å². The van der Waals surface area contributed by atoms with Crippen LogP contribution in [-0.4, -0.2) is 30.0 Å². The van der Waals surface area contributed by atoms with Crippen LogP contribution in [0.5, 0.6) is 0 Å². The van der Waals surface area contributed by atoms with Gasteiger partial charge in [-0.3, -0.25) is 0 Å². The third-order valence-electron chi connectivity index (χ3n) is 3.32. The van der Waals surface area contributed by atoms with E-state index in [0.717, 1.165) is 0 Å². The van der Waals surface area contributed by atoms with Crippen LogP contribution >= 0.6 is 0 Å². The maximum atomic E-state index is 5.19. The molecule has 0 aliphatic carbocycles. The standard InChI is InChI=1S/C14H32O2Si/c1-4-5-6-7-8-9-10-11-12-17-13-14(15-2)16-3/h14H,4-13,17H2,1-3H3. The van der Waals surface area contributed by atoms with Crippen molar-refractivity contribution >= 4 is 9.52 Å². The minimum Gasteiger partial charge on any atom is -0.356 e. The van der Waals surface area contributed by atoms with Crippen molar-refractivity contribution in [2.24, 2.45) is 0 Å². The Kier molecular flexibility index (Phi) is 14.3. The summed E-state index contributed by atoms with van der Waals surface area (Å²) in [5.74, 6) is 0. The Balaban J connectivity index is 3.03. The van der Waals surface area contributed by atoms with Gasteiger partial charge in [-0.15, -0.1) is 0 Å². The second-order valence-electron chi connectivity index (χ2n) is 4.87. The average molecular weight is 260 g/mol. The van der Waals surface area contributed by atoms with Gasteiger partial charge in [0.05, 0.1) is 0 Å². The van der Waals surface area contributed by atoms with Crippen LogP contribution in [-0.2, 0) is 9.47 Å². The van der Waals surface area contributed by atoms with Gasteiger partial charge in [0, 0.05) is 23.7 Å². The summed E-state index contributed by atoms with van der Waals surface area (Å²) < 4.78 is 10.4. The Bertz CT molecular complexity index is 138. The fraction of sp³-hybridized carbons (Fsp3) is 1.00. The molecular weight excluding hydrogens is 228 g/mol. The maximum absolute atomic E-state index is 5.19. The SMILES string of the molecule is CCCCCCCCCC[SiH2]CC(OC)OC. The van der Waals surface area contributed by atoms with E-state index in [-0.39, 0.29) is 15.8 Å². The normalized spacial score (nSPS) is 12.0. The largest absolute Gasteiger partial charge is 0.356 e. The van der Waals surface area contributed by atoms with E-state index < -0.39 is 0 Å². The minimum absolute atomic E-state index is 0.0443. The summed E-state index contributed by atoms with van der Waals surface area (Å²) in [6.45, 7) is 2.28. The van der Waals surface area contributed by atoms with Gasteiger partial charge in [-0.2, -0.15) is 0 Å². The lowest BCUT2D eigenvalue weighted by Gasteiger charge is -2.12. The van der Waals surface area contributed by atoms with E-state index in [9.17, 15) is 0 Å². The molecule has 0 aliphatic heterocycles. The highest BCUT2D eigenvalue weighted by Crippen LogP contribution is 2.10. The molecule has 0 spiro atoms. The molecule has 0 aromatic carbocycles. The van der Waals surface area contributed by atoms with Crippen molar-refractivity contribution in [1.29, 1.82) is 0 Å². The van der Waals surface area contributed by atoms with Crippen molar-refractivity contribution in [3.05, 3.63) is 0 Å². The first-order valence-corrected chi connectivity index (χ1v) is 9.40. The van der Waals surface area contributed by atoms with Crippen LogP contribution in [0.4, 0.5) is 0 Å². The Morgan fingerprint density at radius 3 is 1.88 bits per heavy atom. The molecule has 0 aromatic rings. The molecule has 0 amide bonds. The summed E-state index contributed by atoms with van der Waals surface area (Å²) in [4.78, 5) is 0. The van der Waals surface area contributed by atoms with Crippen LogP contribution in [0.25, 0.3) is 0 Å². The van der Waals surface area contributed by atoms with Gasteiger partial charge >= 0.3 is 0 Å². The van der Waals surface area contributed by atoms with Gasteiger partial charge in [0.25, 0.3) is 0 Å². The Hall–Kier alpha value is 0.137. The van der Waals surface area contributed by atoms with Crippen molar-refractivity contribution in [1.82, 2.24) is 0 Å². The molecule has 0 radical (unpaired) electrons. The average Bonchev–Trinajstić information content (AvgIpc) is 2.36. The molecule has 2 nitrogen and oxygen atoms in total. The molecule has 0 saturated heterocycles. The fourth-order valence-electron chi connectivity index (χ4n) is 2.13. The summed E-state index contributed by atoms with van der Waals surface area (Å²) in [6.07, 6.45) is 11.5. The highest BCUT2D eigenvalue weighted by Gasteiger charge is 2.03. The Morgan fingerprint density at radius 1 is 0.824 bits per heavy atom. The third kappa shape index (κ3) is 12.4. The highest BCUT2D eigenvalue weighted by atomic mass is 28.2. The molecule has 0 aromatic heterocycles. The van der Waals surface area contributed by atoms with Crippen molar-refractivity contribution in [3.8, 4) is 0 Å². The molecule has 0 unspecified atom stereocenters. The van der Waals surface area contributed by atoms with E-state index in [0.29, 0.717) is 0 Å². The third-order valence-corrected chi connectivity index (χ3v) is 5.20. The first kappa shape index (κ1) is 17.1. The van der Waals surface area contributed by atoms with E-state index >= 15 is 0 Å². The quantitative estimate of drug-likeness (QED) is 0.285. The minimum atomic E-state index is 0.0443. The highest BCUT2D eigenvalue weighted by molar-refractivity contribution is 6.35. The molecule has 17 heavy (non-hydrogen) atoms. The van der Waals surface area contributed by atoms with Gasteiger partial charge in [0.1, 0.15) is 0 Å². The van der Waals surface area contributed by atoms with Gasteiger partial charge in [0.15, 0.2) is 6.29 Å². The molecule has 3 heteroatoms. The summed E-state index contributed by atoms with van der Waals surface area (Å²) in [5.41, 5.74) is 0. The summed E-state index contributed by atoms with van der Waals surface area (Å²) in [6, 6.07) is 2.63. The number of hydrogen-bond acceptors (Lipinski definition) is 2. The van der Waals surface area contributed by atoms with E-state index in [1.165, 1.54) is 63.5 Å². The number of unbranched alkanes of at least 4 members (excludes halogenated alkanes) is 7. The second-order valence-corrected chi connectivity index (χ2v) is 6.86. The zero-order chi connectivity index (χ0) is 12.8. The summed E-state index contributed by atoms with van der Waals surface area (Å²) >= 11 is 0. The first-order valence-electron chi connectivity index (χ1n) is 7.40. The zero-order valence-corrected chi connectivity index (χ0v) is 13.6. The molecule has 0 atom stereocenters. The van der Waals surface area contributed by atoms with Crippen molar-refractivity contribution in [2.75, 3.05) is 14.2 Å². The lowest BCUT2D eigenvalue weighted by Crippen LogP contribution is -2.14. The van der Waals surface area contributed by atoms with Crippen molar-refractivity contribution < 1.29 is 9.47 Å². The Labute approximate surface area is 110 Å². The second kappa shape index (κ2) is 14.2. The number of rotatable bonds is 13. The molecule has 0 bridgehead atoms. The van der Waals surface area contributed by atoms with E-state index in [4.69, 9.17) is 9.47 Å².